The molecule has 3 aromatic heterocycles. The van der Waals surface area contributed by atoms with Crippen molar-refractivity contribution in [3.05, 3.63) is 38.6 Å². The molecule has 1 saturated heterocycles. The summed E-state index contributed by atoms with van der Waals surface area (Å²) < 4.78 is 38.0. The van der Waals surface area contributed by atoms with Gasteiger partial charge in [-0.2, -0.15) is 4.98 Å². The second-order valence-corrected chi connectivity index (χ2v) is 8.99. The van der Waals surface area contributed by atoms with Gasteiger partial charge in [-0.25, -0.2) is 23.5 Å². The number of ether oxygens (including phenoxy) is 4. The van der Waals surface area contributed by atoms with Gasteiger partial charge in [-0.1, -0.05) is 0 Å². The van der Waals surface area contributed by atoms with Gasteiger partial charge in [-0.05, 0) is 12.1 Å². The molecule has 1 fully saturated rings. The molecule has 0 radical (unpaired) electrons. The van der Waals surface area contributed by atoms with E-state index in [0.717, 1.165) is 29.8 Å². The zero-order valence-electron chi connectivity index (χ0n) is 19.4. The van der Waals surface area contributed by atoms with Crippen molar-refractivity contribution in [2.75, 3.05) is 19.5 Å². The number of nitrogen functional groups attached to an aromatic ring is 1. The molecule has 0 aromatic carbocycles. The Bertz CT molecular complexity index is 1380. The van der Waals surface area contributed by atoms with E-state index >= 15 is 4.39 Å². The fourth-order valence-corrected chi connectivity index (χ4v) is 4.75. The van der Waals surface area contributed by atoms with Gasteiger partial charge in [0.15, 0.2) is 24.2 Å². The van der Waals surface area contributed by atoms with E-state index in [0.29, 0.717) is 9.75 Å². The van der Waals surface area contributed by atoms with Crippen LogP contribution in [0.5, 0.6) is 0 Å². The van der Waals surface area contributed by atoms with Gasteiger partial charge in [0.1, 0.15) is 23.1 Å². The number of rotatable bonds is 7. The van der Waals surface area contributed by atoms with Crippen molar-refractivity contribution in [2.24, 2.45) is 0 Å². The number of hydrogen-bond acceptors (Lipinski definition) is 12. The number of carbonyl (C=O) groups excluding carboxylic acids is 3. The molecule has 0 spiro atoms. The van der Waals surface area contributed by atoms with Gasteiger partial charge in [0.25, 0.3) is 0 Å². The SMILES string of the molecule is COC(=O)c1ccc(Cn2c(=O)n([C@@H]3O[C@H](COC(C)=O)[C@@H](F)[C@H]3OC(C)=O)c3nc(N)ncc32)s1. The minimum Gasteiger partial charge on any atom is -0.465 e. The first-order chi connectivity index (χ1) is 17.1. The molecule has 0 aliphatic carbocycles. The van der Waals surface area contributed by atoms with Crippen molar-refractivity contribution in [3.8, 4) is 0 Å². The molecule has 13 nitrogen and oxygen atoms in total. The van der Waals surface area contributed by atoms with Crippen molar-refractivity contribution in [1.29, 1.82) is 0 Å². The predicted octanol–water partition coefficient (Wildman–Crippen LogP) is 0.802. The maximum atomic E-state index is 15.3. The number of anilines is 1. The van der Waals surface area contributed by atoms with E-state index in [2.05, 4.69) is 9.97 Å². The Morgan fingerprint density at radius 2 is 2.00 bits per heavy atom. The maximum absolute atomic E-state index is 15.3. The van der Waals surface area contributed by atoms with Gasteiger partial charge in [0, 0.05) is 18.7 Å². The third-order valence-electron chi connectivity index (χ3n) is 5.36. The van der Waals surface area contributed by atoms with E-state index in [1.807, 2.05) is 0 Å². The molecule has 4 rings (SSSR count). The number of methoxy groups -OCH3 is 1. The zero-order valence-corrected chi connectivity index (χ0v) is 20.2. The van der Waals surface area contributed by atoms with Crippen LogP contribution in [-0.4, -0.2) is 69.1 Å². The molecule has 0 amide bonds. The zero-order chi connectivity index (χ0) is 26.1. The average Bonchev–Trinajstić information content (AvgIpc) is 3.48. The summed E-state index contributed by atoms with van der Waals surface area (Å²) in [5, 5.41) is 0. The minimum absolute atomic E-state index is 0.0121. The summed E-state index contributed by atoms with van der Waals surface area (Å²) in [5.74, 6) is -2.14. The van der Waals surface area contributed by atoms with E-state index < -0.39 is 54.8 Å². The van der Waals surface area contributed by atoms with Gasteiger partial charge in [-0.15, -0.1) is 11.3 Å². The van der Waals surface area contributed by atoms with Crippen LogP contribution in [-0.2, 0) is 35.1 Å². The summed E-state index contributed by atoms with van der Waals surface area (Å²) in [6.45, 7) is 1.79. The molecule has 15 heteroatoms. The Balaban J connectivity index is 1.79. The summed E-state index contributed by atoms with van der Waals surface area (Å²) >= 11 is 1.12. The molecule has 4 atom stereocenters. The summed E-state index contributed by atoms with van der Waals surface area (Å²) in [4.78, 5) is 57.4. The van der Waals surface area contributed by atoms with Crippen molar-refractivity contribution in [2.45, 2.75) is 45.0 Å². The fourth-order valence-electron chi connectivity index (χ4n) is 3.84. The van der Waals surface area contributed by atoms with Crippen LogP contribution < -0.4 is 11.4 Å². The Hall–Kier alpha value is -3.85. The summed E-state index contributed by atoms with van der Waals surface area (Å²) in [5.41, 5.74) is 5.33. The lowest BCUT2D eigenvalue weighted by Gasteiger charge is -2.19. The molecule has 1 aliphatic rings. The van der Waals surface area contributed by atoms with Crippen LogP contribution in [0.4, 0.5) is 10.3 Å². The highest BCUT2D eigenvalue weighted by atomic mass is 32.1. The number of hydrogen-bond donors (Lipinski definition) is 1. The highest BCUT2D eigenvalue weighted by Gasteiger charge is 2.50. The maximum Gasteiger partial charge on any atom is 0.348 e. The van der Waals surface area contributed by atoms with Gasteiger partial charge in [-0.3, -0.25) is 14.2 Å². The number of esters is 3. The first kappa shape index (κ1) is 25.2. The molecule has 192 valence electrons. The third kappa shape index (κ3) is 4.79. The average molecular weight is 523 g/mol. The second kappa shape index (κ2) is 10.0. The van der Waals surface area contributed by atoms with Crippen LogP contribution in [0, 0.1) is 0 Å². The number of nitrogens with two attached hydrogens (primary N) is 1. The fraction of sp³-hybridized carbons (Fsp3) is 0.429. The van der Waals surface area contributed by atoms with E-state index in [1.54, 1.807) is 12.1 Å². The lowest BCUT2D eigenvalue weighted by molar-refractivity contribution is -0.154. The molecule has 1 aliphatic heterocycles. The van der Waals surface area contributed by atoms with Crippen LogP contribution in [0.25, 0.3) is 11.2 Å². The smallest absolute Gasteiger partial charge is 0.348 e. The molecule has 0 saturated carbocycles. The highest BCUT2D eigenvalue weighted by molar-refractivity contribution is 7.13. The first-order valence-corrected chi connectivity index (χ1v) is 11.4. The van der Waals surface area contributed by atoms with E-state index in [-0.39, 0.29) is 23.7 Å². The van der Waals surface area contributed by atoms with Crippen molar-refractivity contribution < 1.29 is 37.7 Å². The Kier molecular flexibility index (Phi) is 7.03. The third-order valence-corrected chi connectivity index (χ3v) is 6.41. The molecule has 2 N–H and O–H groups in total. The Labute approximate surface area is 206 Å². The van der Waals surface area contributed by atoms with Crippen molar-refractivity contribution in [1.82, 2.24) is 19.1 Å². The molecule has 4 heterocycles. The molecular formula is C21H22FN5O8S. The van der Waals surface area contributed by atoms with Gasteiger partial charge in [0.05, 0.1) is 19.9 Å². The first-order valence-electron chi connectivity index (χ1n) is 10.6. The lowest BCUT2D eigenvalue weighted by Crippen LogP contribution is -2.37. The molecule has 0 unspecified atom stereocenters. The predicted molar refractivity (Wildman–Crippen MR) is 122 cm³/mol. The largest absolute Gasteiger partial charge is 0.465 e. The van der Waals surface area contributed by atoms with Crippen molar-refractivity contribution >= 4 is 46.4 Å². The molecular weight excluding hydrogens is 501 g/mol. The summed E-state index contributed by atoms with van der Waals surface area (Å²) in [6, 6.07) is 3.22. The topological polar surface area (TPSA) is 167 Å². The van der Waals surface area contributed by atoms with Crippen molar-refractivity contribution in [3.63, 3.8) is 0 Å². The number of aromatic nitrogens is 4. The van der Waals surface area contributed by atoms with E-state index in [9.17, 15) is 19.2 Å². The number of imidazole rings is 1. The number of halogens is 1. The number of fused-ring (bicyclic) bond motifs is 1. The quantitative estimate of drug-likeness (QED) is 0.344. The van der Waals surface area contributed by atoms with Crippen LogP contribution in [0.3, 0.4) is 0 Å². The summed E-state index contributed by atoms with van der Waals surface area (Å²) in [6.07, 6.45) is -4.88. The van der Waals surface area contributed by atoms with Gasteiger partial charge in [0.2, 0.25) is 5.95 Å². The highest BCUT2D eigenvalue weighted by Crippen LogP contribution is 2.35. The number of nitrogens with zero attached hydrogens (tertiary/aromatic N) is 4. The molecule has 3 aromatic rings. The van der Waals surface area contributed by atoms with Gasteiger partial charge < -0.3 is 24.7 Å². The standard InChI is InChI=1S/C21H22FN5O8S/c1-9(28)33-8-13-15(22)16(34-10(2)29)18(35-13)27-17-12(6-24-20(23)25-17)26(21(27)31)7-11-4-5-14(36-11)19(30)32-3/h4-6,13,15-16,18H,7-8H2,1-3H3,(H2,23,24,25)/t13-,15-,16-,18-/m1/s1. The minimum atomic E-state index is -1.91. The number of alkyl halides is 1. The normalized spacial score (nSPS) is 21.4. The Morgan fingerprint density at radius 1 is 1.25 bits per heavy atom. The van der Waals surface area contributed by atoms with Crippen LogP contribution in [0.15, 0.2) is 23.1 Å². The lowest BCUT2D eigenvalue weighted by atomic mass is 10.1. The summed E-state index contributed by atoms with van der Waals surface area (Å²) in [7, 11) is 1.26. The second-order valence-electron chi connectivity index (χ2n) is 7.82. The van der Waals surface area contributed by atoms with E-state index in [1.165, 1.54) is 17.9 Å². The molecule has 0 bridgehead atoms. The van der Waals surface area contributed by atoms with Crippen LogP contribution >= 0.6 is 11.3 Å². The van der Waals surface area contributed by atoms with E-state index in [4.69, 9.17) is 24.7 Å². The van der Waals surface area contributed by atoms with Gasteiger partial charge >= 0.3 is 23.6 Å². The van der Waals surface area contributed by atoms with Crippen LogP contribution in [0.2, 0.25) is 0 Å². The van der Waals surface area contributed by atoms with Crippen LogP contribution in [0.1, 0.15) is 34.6 Å². The Morgan fingerprint density at radius 3 is 2.67 bits per heavy atom. The monoisotopic (exact) mass is 523 g/mol. The number of thiophene rings is 1. The number of carbonyl (C=O) groups is 3. The molecule has 36 heavy (non-hydrogen) atoms.